The predicted octanol–water partition coefficient (Wildman–Crippen LogP) is -0.642. The molecule has 1 aromatic rings. The molecule has 0 fully saturated rings. The Hall–Kier alpha value is -1.04. The molecule has 1 rings (SSSR count). The fourth-order valence-electron chi connectivity index (χ4n) is 0.568. The molecule has 10 heavy (non-hydrogen) atoms. The summed E-state index contributed by atoms with van der Waals surface area (Å²) in [5, 5.41) is 3.77. The Kier molecular flexibility index (Phi) is 1.91. The van der Waals surface area contributed by atoms with Crippen molar-refractivity contribution in [2.45, 2.75) is 0 Å². The molecular formula is C4H7N3O2S. The summed E-state index contributed by atoms with van der Waals surface area (Å²) in [6, 6.07) is 1.57. The Bertz CT molecular complexity index is 282. The summed E-state index contributed by atoms with van der Waals surface area (Å²) in [7, 11) is -0.878. The number of aromatic nitrogens is 2. The van der Waals surface area contributed by atoms with Gasteiger partial charge in [0.05, 0.1) is 0 Å². The van der Waals surface area contributed by atoms with Crippen LogP contribution in [0.5, 0.6) is 0 Å². The normalized spacial score (nSPS) is 10.2. The van der Waals surface area contributed by atoms with E-state index in [-0.39, 0.29) is 0 Å². The predicted molar refractivity (Wildman–Crippen MR) is 37.1 cm³/mol. The van der Waals surface area contributed by atoms with Crippen molar-refractivity contribution in [3.8, 4) is 0 Å². The van der Waals surface area contributed by atoms with E-state index in [1.54, 1.807) is 19.3 Å². The quantitative estimate of drug-likeness (QED) is 0.567. The summed E-state index contributed by atoms with van der Waals surface area (Å²) in [5.74, 6) is 0.346. The fourth-order valence-corrected chi connectivity index (χ4v) is 0.875. The Balaban J connectivity index is 2.76. The maximum atomic E-state index is 10.1. The van der Waals surface area contributed by atoms with Gasteiger partial charge in [0.25, 0.3) is 0 Å². The largest absolute Gasteiger partial charge is 0.274 e. The van der Waals surface area contributed by atoms with E-state index in [0.29, 0.717) is 5.82 Å². The summed E-state index contributed by atoms with van der Waals surface area (Å²) >= 11 is 0. The minimum absolute atomic E-state index is 0.346. The highest BCUT2D eigenvalue weighted by molar-refractivity contribution is 7.73. The molecule has 5 nitrogen and oxygen atoms in total. The molecule has 0 spiro atoms. The minimum Gasteiger partial charge on any atom is -0.274 e. The van der Waals surface area contributed by atoms with E-state index in [0.717, 1.165) is 0 Å². The number of hydrogen-bond donors (Lipinski definition) is 2. The lowest BCUT2D eigenvalue weighted by atomic mass is 10.7. The summed E-state index contributed by atoms with van der Waals surface area (Å²) in [6.45, 7) is 0. The van der Waals surface area contributed by atoms with Crippen molar-refractivity contribution in [3.63, 3.8) is 0 Å². The molecule has 0 atom stereocenters. The lowest BCUT2D eigenvalue weighted by Crippen LogP contribution is -1.96. The highest BCUT2D eigenvalue weighted by atomic mass is 32.2. The van der Waals surface area contributed by atoms with Gasteiger partial charge in [-0.1, -0.05) is 0 Å². The molecule has 0 saturated heterocycles. The summed E-state index contributed by atoms with van der Waals surface area (Å²) < 4.78 is 23.8. The van der Waals surface area contributed by atoms with Gasteiger partial charge in [0.2, 0.25) is 10.9 Å². The Morgan fingerprint density at radius 3 is 2.80 bits per heavy atom. The average molecular weight is 161 g/mol. The number of hydrogen-bond acceptors (Lipinski definition) is 3. The first kappa shape index (κ1) is 7.07. The van der Waals surface area contributed by atoms with Crippen molar-refractivity contribution in [3.05, 3.63) is 12.3 Å². The number of rotatable bonds is 2. The van der Waals surface area contributed by atoms with Crippen molar-refractivity contribution < 1.29 is 8.42 Å². The maximum Gasteiger partial charge on any atom is 0.223 e. The molecule has 0 aliphatic rings. The number of nitrogens with zero attached hydrogens (tertiary/aromatic N) is 2. The molecule has 1 N–H and O–H groups in total. The van der Waals surface area contributed by atoms with E-state index >= 15 is 0 Å². The Labute approximate surface area is 59.7 Å². The smallest absolute Gasteiger partial charge is 0.223 e. The second-order valence-corrected chi connectivity index (χ2v) is 2.48. The summed E-state index contributed by atoms with van der Waals surface area (Å²) in [6.07, 6.45) is 1.65. The summed E-state index contributed by atoms with van der Waals surface area (Å²) in [5.41, 5.74) is 0. The highest BCUT2D eigenvalue weighted by Gasteiger charge is 1.92. The van der Waals surface area contributed by atoms with Crippen LogP contribution in [0.3, 0.4) is 0 Å². The highest BCUT2D eigenvalue weighted by Crippen LogP contribution is 1.98. The molecule has 0 bridgehead atoms. The van der Waals surface area contributed by atoms with E-state index < -0.39 is 10.9 Å². The van der Waals surface area contributed by atoms with Crippen molar-refractivity contribution in [1.82, 2.24) is 9.78 Å². The lowest BCUT2D eigenvalue weighted by molar-refractivity contribution is 0.618. The van der Waals surface area contributed by atoms with Crippen LogP contribution in [0.2, 0.25) is 0 Å². The third-order valence-corrected chi connectivity index (χ3v) is 1.33. The van der Waals surface area contributed by atoms with Gasteiger partial charge in [-0.05, 0) is 0 Å². The first-order valence-electron chi connectivity index (χ1n) is 2.59. The molecule has 6 heteroatoms. The fraction of sp³-hybridized carbons (Fsp3) is 0.250. The number of nitrogens with one attached hydrogen (secondary N) is 1. The van der Waals surface area contributed by atoms with E-state index in [1.807, 2.05) is 0 Å². The van der Waals surface area contributed by atoms with Gasteiger partial charge < -0.3 is 0 Å². The molecule has 0 aromatic carbocycles. The van der Waals surface area contributed by atoms with E-state index in [2.05, 4.69) is 9.82 Å². The first-order chi connectivity index (χ1) is 4.68. The monoisotopic (exact) mass is 161 g/mol. The molecule has 0 saturated carbocycles. The van der Waals surface area contributed by atoms with Gasteiger partial charge in [0.1, 0.15) is 0 Å². The van der Waals surface area contributed by atoms with Gasteiger partial charge in [-0.25, -0.2) is 8.42 Å². The first-order valence-corrected chi connectivity index (χ1v) is 3.77. The molecule has 0 unspecified atom stereocenters. The SMILES string of the molecule is Cn1ccc(N[SH](=O)=O)n1. The standard InChI is InChI=1S/C4H7N3O2S/c1-7-3-2-4(5-7)6-10(8)9/h2-3,10H,1H3,(H,5,6,8,9). The Morgan fingerprint density at radius 1 is 1.70 bits per heavy atom. The zero-order chi connectivity index (χ0) is 7.56. The molecule has 1 heterocycles. The van der Waals surface area contributed by atoms with Crippen LogP contribution in [-0.4, -0.2) is 18.2 Å². The molecule has 0 aliphatic carbocycles. The average Bonchev–Trinajstić information content (AvgIpc) is 2.13. The zero-order valence-electron chi connectivity index (χ0n) is 5.31. The van der Waals surface area contributed by atoms with Crippen LogP contribution in [-0.2, 0) is 17.9 Å². The van der Waals surface area contributed by atoms with Crippen LogP contribution in [0.25, 0.3) is 0 Å². The Morgan fingerprint density at radius 2 is 2.40 bits per heavy atom. The second kappa shape index (κ2) is 2.70. The number of aryl methyl sites for hydroxylation is 1. The van der Waals surface area contributed by atoms with Crippen molar-refractivity contribution in [2.75, 3.05) is 4.72 Å². The third kappa shape index (κ3) is 1.73. The van der Waals surface area contributed by atoms with Gasteiger partial charge >= 0.3 is 0 Å². The van der Waals surface area contributed by atoms with Crippen LogP contribution in [0.4, 0.5) is 5.82 Å². The second-order valence-electron chi connectivity index (χ2n) is 1.74. The minimum atomic E-state index is -2.59. The van der Waals surface area contributed by atoms with Gasteiger partial charge in [-0.15, -0.1) is 0 Å². The van der Waals surface area contributed by atoms with Crippen LogP contribution in [0, 0.1) is 0 Å². The van der Waals surface area contributed by atoms with Gasteiger partial charge in [0, 0.05) is 19.3 Å². The molecule has 0 aliphatic heterocycles. The maximum absolute atomic E-state index is 10.1. The van der Waals surface area contributed by atoms with Crippen LogP contribution in [0.1, 0.15) is 0 Å². The molecule has 1 aromatic heterocycles. The van der Waals surface area contributed by atoms with Gasteiger partial charge in [-0.3, -0.25) is 9.40 Å². The van der Waals surface area contributed by atoms with Gasteiger partial charge in [-0.2, -0.15) is 5.10 Å². The van der Waals surface area contributed by atoms with Crippen LogP contribution >= 0.6 is 0 Å². The van der Waals surface area contributed by atoms with E-state index in [1.165, 1.54) is 4.68 Å². The molecule has 0 amide bonds. The zero-order valence-corrected chi connectivity index (χ0v) is 6.21. The molecular weight excluding hydrogens is 154 g/mol. The summed E-state index contributed by atoms with van der Waals surface area (Å²) in [4.78, 5) is 0. The molecule has 56 valence electrons. The van der Waals surface area contributed by atoms with E-state index in [9.17, 15) is 8.42 Å². The van der Waals surface area contributed by atoms with Gasteiger partial charge in [0.15, 0.2) is 5.82 Å². The van der Waals surface area contributed by atoms with Crippen molar-refractivity contribution >= 4 is 16.7 Å². The van der Waals surface area contributed by atoms with Crippen LogP contribution < -0.4 is 4.72 Å². The molecule has 0 radical (unpaired) electrons. The third-order valence-electron chi connectivity index (χ3n) is 0.919. The van der Waals surface area contributed by atoms with Crippen molar-refractivity contribution in [2.24, 2.45) is 7.05 Å². The lowest BCUT2D eigenvalue weighted by Gasteiger charge is -1.88. The van der Waals surface area contributed by atoms with Crippen LogP contribution in [0.15, 0.2) is 12.3 Å². The number of anilines is 1. The van der Waals surface area contributed by atoms with E-state index in [4.69, 9.17) is 0 Å². The van der Waals surface area contributed by atoms with Crippen molar-refractivity contribution in [1.29, 1.82) is 0 Å². The number of thiol groups is 1. The topological polar surface area (TPSA) is 64.0 Å².